The molecule has 0 fully saturated rings. The van der Waals surface area contributed by atoms with Gasteiger partial charge >= 0.3 is 0 Å². The molecule has 46 heavy (non-hydrogen) atoms. The third-order valence-corrected chi connectivity index (χ3v) is 8.81. The van der Waals surface area contributed by atoms with Crippen LogP contribution in [0.5, 0.6) is 0 Å². The summed E-state index contributed by atoms with van der Waals surface area (Å²) in [5, 5.41) is 19.3. The van der Waals surface area contributed by atoms with Gasteiger partial charge in [-0.15, -0.1) is 0 Å². The molecular formula is C32H41N9O4S. The summed E-state index contributed by atoms with van der Waals surface area (Å²) >= 11 is 1.61. The number of nitrogens with zero attached hydrogens (tertiary/aromatic N) is 7. The third kappa shape index (κ3) is 7.49. The molecule has 0 saturated heterocycles. The number of rotatable bonds is 7. The first-order valence-electron chi connectivity index (χ1n) is 15.5. The van der Waals surface area contributed by atoms with Crippen molar-refractivity contribution in [3.63, 3.8) is 0 Å². The normalized spacial score (nSPS) is 18.2. The van der Waals surface area contributed by atoms with Gasteiger partial charge in [-0.1, -0.05) is 49.3 Å². The molecular weight excluding hydrogens is 606 g/mol. The number of amides is 3. The molecule has 2 atom stereocenters. The Kier molecular flexibility index (Phi) is 10.6. The minimum Gasteiger partial charge on any atom is -0.355 e. The van der Waals surface area contributed by atoms with Crippen LogP contribution in [-0.4, -0.2) is 83.5 Å². The van der Waals surface area contributed by atoms with Crippen molar-refractivity contribution in [3.05, 3.63) is 59.8 Å². The third-order valence-electron chi connectivity index (χ3n) is 8.17. The number of carbonyl (C=O) groups excluding carboxylic acids is 3. The van der Waals surface area contributed by atoms with Gasteiger partial charge < -0.3 is 20.1 Å². The molecule has 244 valence electrons. The fourth-order valence-electron chi connectivity index (χ4n) is 5.38. The van der Waals surface area contributed by atoms with E-state index in [-0.39, 0.29) is 42.3 Å². The van der Waals surface area contributed by atoms with Crippen molar-refractivity contribution in [3.8, 4) is 22.7 Å². The van der Waals surface area contributed by atoms with Crippen LogP contribution in [0.2, 0.25) is 0 Å². The van der Waals surface area contributed by atoms with Crippen LogP contribution in [0, 0.1) is 12.8 Å². The average molecular weight is 648 g/mol. The predicted molar refractivity (Wildman–Crippen MR) is 175 cm³/mol. The molecule has 0 unspecified atom stereocenters. The fourth-order valence-corrected chi connectivity index (χ4v) is 5.85. The van der Waals surface area contributed by atoms with Crippen molar-refractivity contribution in [2.45, 2.75) is 58.7 Å². The Morgan fingerprint density at radius 2 is 1.91 bits per heavy atom. The minimum absolute atomic E-state index is 0.0393. The molecule has 13 nitrogen and oxygen atoms in total. The lowest BCUT2D eigenvalue weighted by Crippen LogP contribution is -2.49. The van der Waals surface area contributed by atoms with E-state index in [0.717, 1.165) is 16.8 Å². The van der Waals surface area contributed by atoms with Gasteiger partial charge in [0.25, 0.3) is 5.91 Å². The van der Waals surface area contributed by atoms with Crippen LogP contribution in [0.3, 0.4) is 0 Å². The van der Waals surface area contributed by atoms with Crippen molar-refractivity contribution in [2.75, 3.05) is 25.1 Å². The smallest absolute Gasteiger partial charge is 0.276 e. The molecule has 1 aliphatic heterocycles. The summed E-state index contributed by atoms with van der Waals surface area (Å²) < 4.78 is 9.07. The molecule has 0 aliphatic carbocycles. The molecule has 3 amide bonds. The van der Waals surface area contributed by atoms with Gasteiger partial charge in [0.05, 0.1) is 24.3 Å². The SMILES string of the molecule is CSCC[C@@H]1NC(=O)CCCN(C(=O)c2cc(-c3cnn(C)c3C)on2)CCn2nc(-c3ccccc3)nc2[C@@H](C(C)C)NC1=O. The quantitative estimate of drug-likeness (QED) is 0.306. The first-order chi connectivity index (χ1) is 22.2. The Bertz CT molecular complexity index is 1660. The summed E-state index contributed by atoms with van der Waals surface area (Å²) in [5.41, 5.74) is 2.64. The number of hydrogen-bond acceptors (Lipinski definition) is 9. The van der Waals surface area contributed by atoms with E-state index in [4.69, 9.17) is 14.6 Å². The highest BCUT2D eigenvalue weighted by Crippen LogP contribution is 2.26. The Hall–Kier alpha value is -4.46. The van der Waals surface area contributed by atoms with Crippen molar-refractivity contribution in [1.82, 2.24) is 45.2 Å². The molecule has 3 aromatic heterocycles. The monoisotopic (exact) mass is 647 g/mol. The van der Waals surface area contributed by atoms with Crippen molar-refractivity contribution < 1.29 is 18.9 Å². The second-order valence-electron chi connectivity index (χ2n) is 11.8. The number of benzene rings is 1. The molecule has 0 bridgehead atoms. The van der Waals surface area contributed by atoms with Gasteiger partial charge in [-0.3, -0.25) is 19.1 Å². The van der Waals surface area contributed by atoms with Gasteiger partial charge in [0, 0.05) is 43.9 Å². The van der Waals surface area contributed by atoms with Crippen LogP contribution in [-0.2, 0) is 23.2 Å². The highest BCUT2D eigenvalue weighted by Gasteiger charge is 2.31. The van der Waals surface area contributed by atoms with E-state index in [0.29, 0.717) is 49.1 Å². The van der Waals surface area contributed by atoms with E-state index in [1.54, 1.807) is 38.3 Å². The number of thioether (sulfide) groups is 1. The lowest BCUT2D eigenvalue weighted by molar-refractivity contribution is -0.129. The molecule has 4 heterocycles. The molecule has 14 heteroatoms. The van der Waals surface area contributed by atoms with E-state index >= 15 is 0 Å². The zero-order valence-electron chi connectivity index (χ0n) is 26.9. The summed E-state index contributed by atoms with van der Waals surface area (Å²) in [6.07, 6.45) is 4.69. The van der Waals surface area contributed by atoms with E-state index in [1.165, 1.54) is 0 Å². The zero-order valence-corrected chi connectivity index (χ0v) is 27.7. The maximum atomic E-state index is 13.9. The van der Waals surface area contributed by atoms with Crippen LogP contribution in [0.4, 0.5) is 0 Å². The molecule has 1 aliphatic rings. The second kappa shape index (κ2) is 14.8. The van der Waals surface area contributed by atoms with Crippen LogP contribution >= 0.6 is 11.8 Å². The molecule has 0 spiro atoms. The van der Waals surface area contributed by atoms with E-state index in [1.807, 2.05) is 64.4 Å². The predicted octanol–water partition coefficient (Wildman–Crippen LogP) is 3.63. The van der Waals surface area contributed by atoms with Crippen LogP contribution < -0.4 is 10.6 Å². The van der Waals surface area contributed by atoms with Crippen molar-refractivity contribution in [1.29, 1.82) is 0 Å². The zero-order chi connectivity index (χ0) is 32.8. The number of aryl methyl sites for hydroxylation is 1. The van der Waals surface area contributed by atoms with Gasteiger partial charge in [0.1, 0.15) is 6.04 Å². The van der Waals surface area contributed by atoms with Gasteiger partial charge in [0.15, 0.2) is 23.1 Å². The molecule has 0 radical (unpaired) electrons. The van der Waals surface area contributed by atoms with Gasteiger partial charge in [-0.05, 0) is 37.7 Å². The molecule has 4 aromatic rings. The standard InChI is InChI=1S/C32H41N9O4S/c1-20(2)28-30-36-29(22-10-7-6-8-11-22)37-41(30)16-15-40(14-9-12-27(42)34-24(13-17-46-5)31(43)35-28)32(44)25-18-26(45-38-25)23-19-33-39(4)21(23)3/h6-8,10-11,18-20,24,28H,9,12-17H2,1-5H3,(H,34,42)(H,35,43)/t24-,28+/m0/s1. The van der Waals surface area contributed by atoms with Gasteiger partial charge in [-0.2, -0.15) is 22.0 Å². The lowest BCUT2D eigenvalue weighted by atomic mass is 10.0. The first-order valence-corrected chi connectivity index (χ1v) is 16.9. The summed E-state index contributed by atoms with van der Waals surface area (Å²) in [7, 11) is 1.83. The summed E-state index contributed by atoms with van der Waals surface area (Å²) in [6.45, 7) is 6.81. The van der Waals surface area contributed by atoms with Crippen molar-refractivity contribution in [2.24, 2.45) is 13.0 Å². The maximum absolute atomic E-state index is 13.9. The maximum Gasteiger partial charge on any atom is 0.276 e. The Morgan fingerprint density at radius 3 is 2.61 bits per heavy atom. The lowest BCUT2D eigenvalue weighted by Gasteiger charge is -2.27. The Balaban J connectivity index is 1.49. The highest BCUT2D eigenvalue weighted by molar-refractivity contribution is 7.98. The highest BCUT2D eigenvalue weighted by atomic mass is 32.2. The van der Waals surface area contributed by atoms with Crippen LogP contribution in [0.25, 0.3) is 22.7 Å². The van der Waals surface area contributed by atoms with Crippen molar-refractivity contribution >= 4 is 29.5 Å². The number of fused-ring (bicyclic) bond motifs is 1. The van der Waals surface area contributed by atoms with Gasteiger partial charge in [0.2, 0.25) is 11.8 Å². The summed E-state index contributed by atoms with van der Waals surface area (Å²) in [6, 6.07) is 10.1. The number of carbonyl (C=O) groups is 3. The molecule has 5 rings (SSSR count). The second-order valence-corrected chi connectivity index (χ2v) is 12.7. The number of nitrogens with one attached hydrogen (secondary N) is 2. The molecule has 0 saturated carbocycles. The Labute approximate surface area is 272 Å². The van der Waals surface area contributed by atoms with E-state index in [2.05, 4.69) is 20.9 Å². The summed E-state index contributed by atoms with van der Waals surface area (Å²) in [4.78, 5) is 47.1. The van der Waals surface area contributed by atoms with Crippen LogP contribution in [0.1, 0.15) is 61.2 Å². The fraction of sp³-hybridized carbons (Fsp3) is 0.469. The summed E-state index contributed by atoms with van der Waals surface area (Å²) in [5.74, 6) is 1.42. The minimum atomic E-state index is -0.698. The van der Waals surface area contributed by atoms with Crippen LogP contribution in [0.15, 0.2) is 47.1 Å². The first kappa shape index (κ1) is 32.9. The molecule has 2 N–H and O–H groups in total. The largest absolute Gasteiger partial charge is 0.355 e. The average Bonchev–Trinajstić information content (AvgIpc) is 3.78. The molecule has 1 aromatic carbocycles. The Morgan fingerprint density at radius 1 is 1.13 bits per heavy atom. The topological polar surface area (TPSA) is 153 Å². The van der Waals surface area contributed by atoms with Gasteiger partial charge in [-0.25, -0.2) is 9.67 Å². The van der Waals surface area contributed by atoms with E-state index < -0.39 is 12.1 Å². The number of hydrogen-bond donors (Lipinski definition) is 2. The van der Waals surface area contributed by atoms with E-state index in [9.17, 15) is 14.4 Å². The number of aromatic nitrogens is 6.